The molecule has 3 nitrogen and oxygen atoms in total. The molecule has 1 amide bonds. The molecule has 0 spiro atoms. The second kappa shape index (κ2) is 7.86. The van der Waals surface area contributed by atoms with Gasteiger partial charge in [-0.05, 0) is 43.6 Å². The third-order valence-corrected chi connectivity index (χ3v) is 4.61. The van der Waals surface area contributed by atoms with Crippen LogP contribution in [0.4, 0.5) is 8.78 Å². The van der Waals surface area contributed by atoms with Gasteiger partial charge in [0.25, 0.3) is 5.91 Å². The van der Waals surface area contributed by atoms with Crippen molar-refractivity contribution in [1.82, 2.24) is 5.32 Å². The average Bonchev–Trinajstić information content (AvgIpc) is 2.78. The highest BCUT2D eigenvalue weighted by atomic mass is 19.3. The number of rotatable bonds is 8. The number of aliphatic hydroxyl groups is 1. The fraction of sp³-hybridized carbons (Fsp3) is 0.611. The largest absolute Gasteiger partial charge is 0.393 e. The van der Waals surface area contributed by atoms with Crippen molar-refractivity contribution in [2.24, 2.45) is 5.92 Å². The van der Waals surface area contributed by atoms with E-state index < -0.39 is 30.4 Å². The van der Waals surface area contributed by atoms with E-state index >= 15 is 0 Å². The molecule has 1 saturated heterocycles. The molecule has 0 unspecified atom stereocenters. The first-order valence-electron chi connectivity index (χ1n) is 8.29. The van der Waals surface area contributed by atoms with Crippen LogP contribution in [0.5, 0.6) is 0 Å². The molecule has 2 N–H and O–H groups in total. The number of hydrogen-bond donors (Lipinski definition) is 2. The fourth-order valence-electron chi connectivity index (χ4n) is 3.04. The van der Waals surface area contributed by atoms with Gasteiger partial charge in [-0.1, -0.05) is 37.3 Å². The minimum Gasteiger partial charge on any atom is -0.393 e. The molecular weight excluding hydrogens is 300 g/mol. The molecule has 1 fully saturated rings. The average molecular weight is 325 g/mol. The summed E-state index contributed by atoms with van der Waals surface area (Å²) in [5, 5.41) is 12.5. The number of halogens is 2. The van der Waals surface area contributed by atoms with Crippen molar-refractivity contribution < 1.29 is 18.7 Å². The van der Waals surface area contributed by atoms with Gasteiger partial charge in [-0.2, -0.15) is 8.78 Å². The van der Waals surface area contributed by atoms with E-state index in [0.29, 0.717) is 12.8 Å². The third kappa shape index (κ3) is 5.27. The molecule has 1 aliphatic heterocycles. The Balaban J connectivity index is 1.65. The fourth-order valence-corrected chi connectivity index (χ4v) is 3.04. The van der Waals surface area contributed by atoms with E-state index in [1.165, 1.54) is 5.56 Å². The lowest BCUT2D eigenvalue weighted by Crippen LogP contribution is -2.31. The van der Waals surface area contributed by atoms with Crippen LogP contribution in [0.15, 0.2) is 30.3 Å². The molecule has 128 valence electrons. The van der Waals surface area contributed by atoms with Crippen LogP contribution in [0.3, 0.4) is 0 Å². The van der Waals surface area contributed by atoms with Gasteiger partial charge in [0.15, 0.2) is 0 Å². The van der Waals surface area contributed by atoms with E-state index in [-0.39, 0.29) is 5.92 Å². The highest BCUT2D eigenvalue weighted by molar-refractivity contribution is 5.85. The topological polar surface area (TPSA) is 49.3 Å². The minimum atomic E-state index is -3.25. The maximum absolute atomic E-state index is 13.1. The van der Waals surface area contributed by atoms with Crippen LogP contribution in [0.25, 0.3) is 0 Å². The second-order valence-corrected chi connectivity index (χ2v) is 6.58. The van der Waals surface area contributed by atoms with Gasteiger partial charge in [-0.25, -0.2) is 0 Å². The Kier molecular flexibility index (Phi) is 6.10. The van der Waals surface area contributed by atoms with Gasteiger partial charge >= 0.3 is 5.92 Å². The predicted molar refractivity (Wildman–Crippen MR) is 85.3 cm³/mol. The monoisotopic (exact) mass is 325 g/mol. The van der Waals surface area contributed by atoms with Crippen LogP contribution < -0.4 is 5.32 Å². The normalized spacial score (nSPS) is 22.6. The molecule has 1 aromatic rings. The smallest absolute Gasteiger partial charge is 0.326 e. The van der Waals surface area contributed by atoms with E-state index in [2.05, 4.69) is 17.4 Å². The summed E-state index contributed by atoms with van der Waals surface area (Å²) >= 11 is 0. The number of amides is 1. The van der Waals surface area contributed by atoms with Crippen molar-refractivity contribution in [2.45, 2.75) is 63.5 Å². The number of carbonyl (C=O) groups excluding carboxylic acids is 1. The zero-order valence-electron chi connectivity index (χ0n) is 13.5. The SMILES string of the molecule is C[C@@H](CCCc1ccccc1)[C@H](O)CC[C@H]1CC(F)(F)C(=O)N1. The van der Waals surface area contributed by atoms with Gasteiger partial charge in [0.1, 0.15) is 0 Å². The Hall–Kier alpha value is -1.49. The lowest BCUT2D eigenvalue weighted by Gasteiger charge is -2.20. The Labute approximate surface area is 136 Å². The number of benzene rings is 1. The molecule has 1 aliphatic rings. The van der Waals surface area contributed by atoms with Crippen LogP contribution in [-0.4, -0.2) is 29.1 Å². The summed E-state index contributed by atoms with van der Waals surface area (Å²) in [5.74, 6) is -4.32. The van der Waals surface area contributed by atoms with Crippen LogP contribution >= 0.6 is 0 Å². The number of nitrogens with one attached hydrogen (secondary N) is 1. The van der Waals surface area contributed by atoms with Gasteiger partial charge in [-0.15, -0.1) is 0 Å². The highest BCUT2D eigenvalue weighted by Crippen LogP contribution is 2.29. The first kappa shape index (κ1) is 17.9. The van der Waals surface area contributed by atoms with Gasteiger partial charge < -0.3 is 10.4 Å². The molecule has 3 atom stereocenters. The van der Waals surface area contributed by atoms with Crippen molar-refractivity contribution in [2.75, 3.05) is 0 Å². The Morgan fingerprint density at radius 1 is 1.30 bits per heavy atom. The first-order chi connectivity index (χ1) is 10.9. The molecule has 1 heterocycles. The van der Waals surface area contributed by atoms with Gasteiger partial charge in [0, 0.05) is 12.5 Å². The lowest BCUT2D eigenvalue weighted by molar-refractivity contribution is -0.139. The van der Waals surface area contributed by atoms with E-state index in [9.17, 15) is 18.7 Å². The van der Waals surface area contributed by atoms with Crippen molar-refractivity contribution in [3.8, 4) is 0 Å². The molecule has 0 aromatic heterocycles. The van der Waals surface area contributed by atoms with E-state index in [4.69, 9.17) is 0 Å². The maximum Gasteiger partial charge on any atom is 0.326 e. The van der Waals surface area contributed by atoms with Gasteiger partial charge in [0.2, 0.25) is 0 Å². The standard InChI is InChI=1S/C18H25F2NO2/c1-13(6-5-9-14-7-3-2-4-8-14)16(22)11-10-15-12-18(19,20)17(23)21-15/h2-4,7-8,13,15-16,22H,5-6,9-12H2,1H3,(H,21,23)/t13-,15-,16+/m0/s1. The summed E-state index contributed by atoms with van der Waals surface area (Å²) in [6.45, 7) is 1.98. The molecule has 1 aromatic carbocycles. The number of alkyl halides is 2. The molecule has 0 radical (unpaired) electrons. The number of carbonyl (C=O) groups is 1. The molecule has 0 saturated carbocycles. The number of hydrogen-bond acceptors (Lipinski definition) is 2. The summed E-state index contributed by atoms with van der Waals surface area (Å²) in [5.41, 5.74) is 1.28. The Morgan fingerprint density at radius 3 is 2.61 bits per heavy atom. The second-order valence-electron chi connectivity index (χ2n) is 6.58. The third-order valence-electron chi connectivity index (χ3n) is 4.61. The summed E-state index contributed by atoms with van der Waals surface area (Å²) in [6, 6.07) is 9.66. The molecular formula is C18H25F2NO2. The quantitative estimate of drug-likeness (QED) is 0.770. The zero-order valence-corrected chi connectivity index (χ0v) is 13.5. The van der Waals surface area contributed by atoms with E-state index in [1.54, 1.807) is 0 Å². The molecule has 5 heteroatoms. The summed E-state index contributed by atoms with van der Waals surface area (Å²) < 4.78 is 26.2. The number of aliphatic hydroxyl groups excluding tert-OH is 1. The lowest BCUT2D eigenvalue weighted by atomic mass is 9.92. The van der Waals surface area contributed by atoms with Gasteiger partial charge in [0.05, 0.1) is 6.10 Å². The molecule has 23 heavy (non-hydrogen) atoms. The van der Waals surface area contributed by atoms with E-state index in [0.717, 1.165) is 19.3 Å². The maximum atomic E-state index is 13.1. The summed E-state index contributed by atoms with van der Waals surface area (Å²) in [6.07, 6.45) is 2.71. The van der Waals surface area contributed by atoms with Crippen molar-refractivity contribution in [3.63, 3.8) is 0 Å². The molecule has 2 rings (SSSR count). The number of aryl methyl sites for hydroxylation is 1. The minimum absolute atomic E-state index is 0.122. The highest BCUT2D eigenvalue weighted by Gasteiger charge is 2.47. The van der Waals surface area contributed by atoms with Gasteiger partial charge in [-0.3, -0.25) is 4.79 Å². The van der Waals surface area contributed by atoms with Crippen molar-refractivity contribution in [1.29, 1.82) is 0 Å². The Bertz CT molecular complexity index is 507. The van der Waals surface area contributed by atoms with E-state index in [1.807, 2.05) is 25.1 Å². The van der Waals surface area contributed by atoms with Crippen LogP contribution in [-0.2, 0) is 11.2 Å². The predicted octanol–water partition coefficient (Wildman–Crippen LogP) is 3.31. The summed E-state index contributed by atoms with van der Waals surface area (Å²) in [4.78, 5) is 11.0. The van der Waals surface area contributed by atoms with Crippen LogP contribution in [0, 0.1) is 5.92 Å². The van der Waals surface area contributed by atoms with Crippen LogP contribution in [0.2, 0.25) is 0 Å². The molecule has 0 bridgehead atoms. The zero-order chi connectivity index (χ0) is 16.9. The van der Waals surface area contributed by atoms with Crippen molar-refractivity contribution >= 4 is 5.91 Å². The van der Waals surface area contributed by atoms with Crippen molar-refractivity contribution in [3.05, 3.63) is 35.9 Å². The summed E-state index contributed by atoms with van der Waals surface area (Å²) in [7, 11) is 0. The van der Waals surface area contributed by atoms with Crippen LogP contribution in [0.1, 0.15) is 44.6 Å². The Morgan fingerprint density at radius 2 is 2.00 bits per heavy atom. The molecule has 0 aliphatic carbocycles. The first-order valence-corrected chi connectivity index (χ1v) is 8.29.